The number of alkyl halides is 1. The molecule has 1 unspecified atom stereocenters. The number of rotatable bonds is 11. The van der Waals surface area contributed by atoms with Crippen LogP contribution in [0.3, 0.4) is 0 Å². The molecule has 2 atom stereocenters. The number of Topliss-reactive ketones (excluding diaryl/α,β-unsaturated/α-hetero) is 1. The molecule has 8 heteroatoms. The fraction of sp³-hybridized carbons (Fsp3) is 0.857. The minimum absolute atomic E-state index is 0.107. The van der Waals surface area contributed by atoms with Gasteiger partial charge in [0, 0.05) is 32.5 Å². The van der Waals surface area contributed by atoms with E-state index in [1.54, 1.807) is 7.05 Å². The lowest BCUT2D eigenvalue weighted by Crippen LogP contribution is -2.49. The van der Waals surface area contributed by atoms with Crippen molar-refractivity contribution in [3.05, 3.63) is 0 Å². The van der Waals surface area contributed by atoms with Crippen molar-refractivity contribution < 1.29 is 18.8 Å². The second kappa shape index (κ2) is 16.3. The monoisotopic (exact) mass is 416 g/mol. The largest absolute Gasteiger partial charge is 0.335 e. The van der Waals surface area contributed by atoms with Gasteiger partial charge in [-0.2, -0.15) is 0 Å². The minimum atomic E-state index is -0.671. The molecule has 29 heavy (non-hydrogen) atoms. The number of carbonyl (C=O) groups is 3. The van der Waals surface area contributed by atoms with Crippen molar-refractivity contribution >= 4 is 17.7 Å². The zero-order valence-corrected chi connectivity index (χ0v) is 18.9. The molecule has 0 spiro atoms. The van der Waals surface area contributed by atoms with E-state index >= 15 is 0 Å². The second-order valence-corrected chi connectivity index (χ2v) is 7.56. The van der Waals surface area contributed by atoms with E-state index in [2.05, 4.69) is 10.6 Å². The lowest BCUT2D eigenvalue weighted by atomic mass is 9.81. The number of nitrogens with zero attached hydrogens (tertiary/aromatic N) is 2. The van der Waals surface area contributed by atoms with E-state index in [4.69, 9.17) is 0 Å². The van der Waals surface area contributed by atoms with Crippen molar-refractivity contribution in [2.45, 2.75) is 52.4 Å². The third-order valence-corrected chi connectivity index (χ3v) is 4.87. The Kier molecular flexibility index (Phi) is 15.4. The highest BCUT2D eigenvalue weighted by molar-refractivity contribution is 5.95. The van der Waals surface area contributed by atoms with Crippen LogP contribution in [0.1, 0.15) is 52.4 Å². The number of carbonyl (C=O) groups excluding carboxylic acids is 3. The summed E-state index contributed by atoms with van der Waals surface area (Å²) in [5.41, 5.74) is 0. The number of urea groups is 1. The standard InChI is InChI=1S/C19H35FN4O3.C2H6/c1-21-14-16(12-15-6-4-7-17(25)13-15)18(26)24(11-5-10-23(2)3)19(27)22-9-8-20;1-2/h15-16,21H,4-14H2,1-3H3,(H,22,27);1-2H3/t15-,16?;/m1./s1. The summed E-state index contributed by atoms with van der Waals surface area (Å²) in [7, 11) is 5.63. The van der Waals surface area contributed by atoms with Crippen molar-refractivity contribution in [3.8, 4) is 0 Å². The molecule has 0 aromatic carbocycles. The van der Waals surface area contributed by atoms with E-state index in [-0.39, 0.29) is 30.1 Å². The molecule has 0 radical (unpaired) electrons. The molecule has 0 aromatic heterocycles. The van der Waals surface area contributed by atoms with Crippen LogP contribution in [0.4, 0.5) is 9.18 Å². The number of hydrogen-bond acceptors (Lipinski definition) is 5. The van der Waals surface area contributed by atoms with E-state index in [9.17, 15) is 18.8 Å². The Morgan fingerprint density at radius 3 is 2.48 bits per heavy atom. The number of ketones is 1. The molecule has 1 rings (SSSR count). The van der Waals surface area contributed by atoms with Gasteiger partial charge in [-0.25, -0.2) is 9.18 Å². The summed E-state index contributed by atoms with van der Waals surface area (Å²) >= 11 is 0. The molecule has 0 bridgehead atoms. The highest BCUT2D eigenvalue weighted by Crippen LogP contribution is 2.28. The molecule has 0 saturated heterocycles. The topological polar surface area (TPSA) is 81.8 Å². The summed E-state index contributed by atoms with van der Waals surface area (Å²) in [6.07, 6.45) is 4.19. The molecule has 2 N–H and O–H groups in total. The predicted molar refractivity (Wildman–Crippen MR) is 115 cm³/mol. The average Bonchev–Trinajstić information content (AvgIpc) is 2.70. The SMILES string of the molecule is CC.CNCC(C[C@H]1CCCC(=O)C1)C(=O)N(CCCN(C)C)C(=O)NCCF. The molecule has 1 aliphatic rings. The van der Waals surface area contributed by atoms with E-state index in [1.165, 1.54) is 4.90 Å². The molecule has 0 aliphatic heterocycles. The molecule has 1 saturated carbocycles. The molecule has 3 amide bonds. The van der Waals surface area contributed by atoms with Gasteiger partial charge in [-0.1, -0.05) is 13.8 Å². The molecule has 0 aromatic rings. The summed E-state index contributed by atoms with van der Waals surface area (Å²) in [6, 6.07) is -0.544. The van der Waals surface area contributed by atoms with Crippen LogP contribution in [0.15, 0.2) is 0 Å². The maximum Gasteiger partial charge on any atom is 0.324 e. The third-order valence-electron chi connectivity index (χ3n) is 4.87. The molecule has 1 fully saturated rings. The summed E-state index contributed by atoms with van der Waals surface area (Å²) in [5, 5.41) is 5.49. The fourth-order valence-corrected chi connectivity index (χ4v) is 3.56. The summed E-state index contributed by atoms with van der Waals surface area (Å²) in [6.45, 7) is 4.71. The van der Waals surface area contributed by atoms with Gasteiger partial charge in [-0.05, 0) is 59.3 Å². The van der Waals surface area contributed by atoms with Gasteiger partial charge in [0.15, 0.2) is 0 Å². The van der Waals surface area contributed by atoms with E-state index < -0.39 is 12.7 Å². The maximum atomic E-state index is 13.1. The third kappa shape index (κ3) is 11.3. The quantitative estimate of drug-likeness (QED) is 0.541. The van der Waals surface area contributed by atoms with Gasteiger partial charge in [0.25, 0.3) is 0 Å². The van der Waals surface area contributed by atoms with Gasteiger partial charge in [-0.3, -0.25) is 14.5 Å². The van der Waals surface area contributed by atoms with Crippen LogP contribution in [0.25, 0.3) is 0 Å². The first kappa shape index (κ1) is 27.5. The Balaban J connectivity index is 0.00000379. The predicted octanol–water partition coefficient (Wildman–Crippen LogP) is 2.46. The molecule has 7 nitrogen and oxygen atoms in total. The van der Waals surface area contributed by atoms with Gasteiger partial charge in [0.2, 0.25) is 5.91 Å². The van der Waals surface area contributed by atoms with Crippen molar-refractivity contribution in [3.63, 3.8) is 0 Å². The molecular formula is C21H41FN4O3. The molecular weight excluding hydrogens is 375 g/mol. The zero-order valence-electron chi connectivity index (χ0n) is 18.9. The minimum Gasteiger partial charge on any atom is -0.335 e. The van der Waals surface area contributed by atoms with Crippen LogP contribution in [-0.2, 0) is 9.59 Å². The van der Waals surface area contributed by atoms with Gasteiger partial charge >= 0.3 is 6.03 Å². The van der Waals surface area contributed by atoms with Crippen molar-refractivity contribution in [2.24, 2.45) is 11.8 Å². The van der Waals surface area contributed by atoms with E-state index in [0.29, 0.717) is 38.8 Å². The zero-order chi connectivity index (χ0) is 22.2. The lowest BCUT2D eigenvalue weighted by Gasteiger charge is -2.29. The number of amides is 3. The Morgan fingerprint density at radius 2 is 1.93 bits per heavy atom. The summed E-state index contributed by atoms with van der Waals surface area (Å²) < 4.78 is 12.4. The first-order valence-electron chi connectivity index (χ1n) is 10.8. The van der Waals surface area contributed by atoms with Crippen LogP contribution >= 0.6 is 0 Å². The lowest BCUT2D eigenvalue weighted by molar-refractivity contribution is -0.133. The van der Waals surface area contributed by atoms with Crippen molar-refractivity contribution in [2.75, 3.05) is 54.0 Å². The van der Waals surface area contributed by atoms with Gasteiger partial charge < -0.3 is 15.5 Å². The Bertz CT molecular complexity index is 489. The maximum absolute atomic E-state index is 13.1. The Labute approximate surface area is 175 Å². The first-order valence-corrected chi connectivity index (χ1v) is 10.8. The van der Waals surface area contributed by atoms with Gasteiger partial charge in [0.1, 0.15) is 12.5 Å². The van der Waals surface area contributed by atoms with Gasteiger partial charge in [-0.15, -0.1) is 0 Å². The molecule has 1 aliphatic carbocycles. The van der Waals surface area contributed by atoms with E-state index in [1.807, 2.05) is 32.8 Å². The Morgan fingerprint density at radius 1 is 1.24 bits per heavy atom. The number of imide groups is 1. The highest BCUT2D eigenvalue weighted by atomic mass is 19.1. The normalized spacial score (nSPS) is 17.3. The first-order chi connectivity index (χ1) is 13.9. The summed E-state index contributed by atoms with van der Waals surface area (Å²) in [4.78, 5) is 40.4. The number of nitrogens with one attached hydrogen (secondary N) is 2. The van der Waals surface area contributed by atoms with Crippen LogP contribution < -0.4 is 10.6 Å². The highest BCUT2D eigenvalue weighted by Gasteiger charge is 2.31. The Hall–Kier alpha value is -1.54. The smallest absolute Gasteiger partial charge is 0.324 e. The van der Waals surface area contributed by atoms with Crippen LogP contribution in [0.5, 0.6) is 0 Å². The van der Waals surface area contributed by atoms with Crippen LogP contribution in [-0.4, -0.2) is 81.5 Å². The number of halogens is 1. The summed E-state index contributed by atoms with van der Waals surface area (Å²) in [5.74, 6) is -0.185. The van der Waals surface area contributed by atoms with Crippen molar-refractivity contribution in [1.82, 2.24) is 20.4 Å². The van der Waals surface area contributed by atoms with Crippen molar-refractivity contribution in [1.29, 1.82) is 0 Å². The van der Waals surface area contributed by atoms with Gasteiger partial charge in [0.05, 0.1) is 5.92 Å². The molecule has 0 heterocycles. The van der Waals surface area contributed by atoms with Crippen LogP contribution in [0, 0.1) is 11.8 Å². The molecule has 170 valence electrons. The second-order valence-electron chi connectivity index (χ2n) is 7.56. The number of hydrogen-bond donors (Lipinski definition) is 2. The fourth-order valence-electron chi connectivity index (χ4n) is 3.56. The average molecular weight is 417 g/mol. The van der Waals surface area contributed by atoms with E-state index in [0.717, 1.165) is 19.4 Å². The van der Waals surface area contributed by atoms with Crippen LogP contribution in [0.2, 0.25) is 0 Å².